The second-order valence-corrected chi connectivity index (χ2v) is 10.5. The number of nitrogens with zero attached hydrogens (tertiary/aromatic N) is 1. The van der Waals surface area contributed by atoms with Crippen LogP contribution in [0, 0.1) is 11.3 Å². The number of carbonyl (C=O) groups is 1. The molecule has 1 aliphatic heterocycles. The minimum absolute atomic E-state index is 0.0240. The van der Waals surface area contributed by atoms with Crippen molar-refractivity contribution >= 4 is 16.7 Å². The summed E-state index contributed by atoms with van der Waals surface area (Å²) in [6.45, 7) is 9.93. The van der Waals surface area contributed by atoms with Gasteiger partial charge >= 0.3 is 5.97 Å². The van der Waals surface area contributed by atoms with Crippen LogP contribution < -0.4 is 4.74 Å². The van der Waals surface area contributed by atoms with E-state index in [1.165, 1.54) is 54.9 Å². The van der Waals surface area contributed by atoms with Gasteiger partial charge in [0, 0.05) is 6.54 Å². The van der Waals surface area contributed by atoms with Crippen molar-refractivity contribution in [2.75, 3.05) is 19.7 Å². The number of likely N-dealkylation sites (tertiary alicyclic amines) is 1. The summed E-state index contributed by atoms with van der Waals surface area (Å²) in [7, 11) is 0. The first-order valence-corrected chi connectivity index (χ1v) is 13.1. The molecule has 180 valence electrons. The standard InChI is InChI=1S/C29H41NO3/c1-4-14-29(3)15-10-26(11-16-29)33-27-9-8-24-19-22(6-7-25(24)20-27)21-30-17-12-23(13-18-30)28(31)32-5-2/h6-9,19-20,23,26H,4-5,10-18,21H2,1-3H3. The molecule has 0 atom stereocenters. The van der Waals surface area contributed by atoms with Crippen molar-refractivity contribution in [1.82, 2.24) is 4.90 Å². The summed E-state index contributed by atoms with van der Waals surface area (Å²) in [5.74, 6) is 1.05. The highest BCUT2D eigenvalue weighted by Gasteiger charge is 2.31. The Balaban J connectivity index is 1.31. The van der Waals surface area contributed by atoms with Gasteiger partial charge in [0.05, 0.1) is 18.6 Å². The average molecular weight is 452 g/mol. The molecule has 4 rings (SSSR count). The van der Waals surface area contributed by atoms with Crippen LogP contribution in [0.2, 0.25) is 0 Å². The maximum atomic E-state index is 12.0. The van der Waals surface area contributed by atoms with Crippen LogP contribution in [0.4, 0.5) is 0 Å². The van der Waals surface area contributed by atoms with Gasteiger partial charge in [0.25, 0.3) is 0 Å². The van der Waals surface area contributed by atoms with E-state index < -0.39 is 0 Å². The molecule has 0 amide bonds. The Morgan fingerprint density at radius 3 is 2.39 bits per heavy atom. The summed E-state index contributed by atoms with van der Waals surface area (Å²) in [4.78, 5) is 14.4. The lowest BCUT2D eigenvalue weighted by atomic mass is 9.72. The van der Waals surface area contributed by atoms with Gasteiger partial charge in [-0.15, -0.1) is 0 Å². The quantitative estimate of drug-likeness (QED) is 0.417. The van der Waals surface area contributed by atoms with Gasteiger partial charge in [-0.1, -0.05) is 38.5 Å². The molecule has 2 fully saturated rings. The van der Waals surface area contributed by atoms with Crippen LogP contribution in [0.5, 0.6) is 5.75 Å². The number of benzene rings is 2. The zero-order valence-corrected chi connectivity index (χ0v) is 20.8. The fourth-order valence-corrected chi connectivity index (χ4v) is 5.74. The minimum atomic E-state index is -0.0240. The molecule has 0 radical (unpaired) electrons. The molecule has 4 heteroatoms. The van der Waals surface area contributed by atoms with E-state index in [9.17, 15) is 4.79 Å². The highest BCUT2D eigenvalue weighted by atomic mass is 16.5. The van der Waals surface area contributed by atoms with Gasteiger partial charge in [-0.05, 0) is 105 Å². The van der Waals surface area contributed by atoms with Gasteiger partial charge in [0.1, 0.15) is 5.75 Å². The van der Waals surface area contributed by atoms with Crippen LogP contribution in [0.1, 0.15) is 77.7 Å². The van der Waals surface area contributed by atoms with E-state index in [-0.39, 0.29) is 11.9 Å². The third-order valence-corrected chi connectivity index (χ3v) is 7.79. The van der Waals surface area contributed by atoms with E-state index in [4.69, 9.17) is 9.47 Å². The van der Waals surface area contributed by atoms with Crippen molar-refractivity contribution in [2.24, 2.45) is 11.3 Å². The lowest BCUT2D eigenvalue weighted by molar-refractivity contribution is -0.149. The van der Waals surface area contributed by atoms with Gasteiger partial charge in [0.15, 0.2) is 0 Å². The molecular formula is C29H41NO3. The second-order valence-electron chi connectivity index (χ2n) is 10.5. The second kappa shape index (κ2) is 10.9. The normalized spacial score (nSPS) is 24.6. The molecule has 1 aliphatic carbocycles. The molecule has 2 aromatic carbocycles. The Morgan fingerprint density at radius 2 is 1.70 bits per heavy atom. The highest BCUT2D eigenvalue weighted by molar-refractivity contribution is 5.84. The number of ether oxygens (including phenoxy) is 2. The lowest BCUT2D eigenvalue weighted by Crippen LogP contribution is -2.36. The van der Waals surface area contributed by atoms with Gasteiger partial charge in [0.2, 0.25) is 0 Å². The Morgan fingerprint density at radius 1 is 1.00 bits per heavy atom. The SMILES string of the molecule is CCCC1(C)CCC(Oc2ccc3cc(CN4CCC(C(=O)OCC)CC4)ccc3c2)CC1. The molecule has 0 N–H and O–H groups in total. The molecule has 2 aromatic rings. The van der Waals surface area contributed by atoms with Crippen LogP contribution in [-0.2, 0) is 16.1 Å². The summed E-state index contributed by atoms with van der Waals surface area (Å²) < 4.78 is 11.6. The first-order chi connectivity index (χ1) is 16.0. The minimum Gasteiger partial charge on any atom is -0.490 e. The number of fused-ring (bicyclic) bond motifs is 1. The number of carbonyl (C=O) groups excluding carboxylic acids is 1. The fourth-order valence-electron chi connectivity index (χ4n) is 5.74. The highest BCUT2D eigenvalue weighted by Crippen LogP contribution is 2.41. The smallest absolute Gasteiger partial charge is 0.309 e. The van der Waals surface area contributed by atoms with Crippen molar-refractivity contribution in [3.8, 4) is 5.75 Å². The van der Waals surface area contributed by atoms with Gasteiger partial charge < -0.3 is 9.47 Å². The zero-order valence-electron chi connectivity index (χ0n) is 20.8. The Bertz CT molecular complexity index is 924. The van der Waals surface area contributed by atoms with Crippen molar-refractivity contribution in [2.45, 2.75) is 84.8 Å². The molecule has 1 saturated heterocycles. The largest absolute Gasteiger partial charge is 0.490 e. The van der Waals surface area contributed by atoms with Gasteiger partial charge in [-0.2, -0.15) is 0 Å². The Hall–Kier alpha value is -2.07. The molecule has 0 aromatic heterocycles. The molecule has 1 saturated carbocycles. The zero-order chi connectivity index (χ0) is 23.3. The number of rotatable bonds is 8. The van der Waals surface area contributed by atoms with E-state index in [1.54, 1.807) is 0 Å². The number of piperidine rings is 1. The van der Waals surface area contributed by atoms with Crippen LogP contribution in [0.15, 0.2) is 36.4 Å². The lowest BCUT2D eigenvalue weighted by Gasteiger charge is -2.37. The fraction of sp³-hybridized carbons (Fsp3) is 0.621. The van der Waals surface area contributed by atoms with E-state index in [0.717, 1.165) is 38.2 Å². The monoisotopic (exact) mass is 451 g/mol. The summed E-state index contributed by atoms with van der Waals surface area (Å²) in [5, 5.41) is 2.50. The predicted molar refractivity (Wildman–Crippen MR) is 134 cm³/mol. The molecule has 0 bridgehead atoms. The average Bonchev–Trinajstić information content (AvgIpc) is 2.81. The van der Waals surface area contributed by atoms with Gasteiger partial charge in [-0.25, -0.2) is 0 Å². The van der Waals surface area contributed by atoms with Crippen molar-refractivity contribution in [3.05, 3.63) is 42.0 Å². The first kappa shape index (κ1) is 24.1. The molecule has 33 heavy (non-hydrogen) atoms. The van der Waals surface area contributed by atoms with E-state index in [0.29, 0.717) is 18.1 Å². The molecule has 0 spiro atoms. The summed E-state index contributed by atoms with van der Waals surface area (Å²) in [5.41, 5.74) is 1.84. The van der Waals surface area contributed by atoms with E-state index in [1.807, 2.05) is 6.92 Å². The van der Waals surface area contributed by atoms with Crippen LogP contribution >= 0.6 is 0 Å². The molecule has 2 aliphatic rings. The third-order valence-electron chi connectivity index (χ3n) is 7.79. The first-order valence-electron chi connectivity index (χ1n) is 13.1. The summed E-state index contributed by atoms with van der Waals surface area (Å²) in [6.07, 6.45) is 9.64. The van der Waals surface area contributed by atoms with Crippen molar-refractivity contribution < 1.29 is 14.3 Å². The number of hydrogen-bond acceptors (Lipinski definition) is 4. The van der Waals surface area contributed by atoms with Crippen LogP contribution in [-0.4, -0.2) is 36.7 Å². The van der Waals surface area contributed by atoms with Gasteiger partial charge in [-0.3, -0.25) is 9.69 Å². The Kier molecular flexibility index (Phi) is 7.95. The maximum absolute atomic E-state index is 12.0. The van der Waals surface area contributed by atoms with Crippen LogP contribution in [0.3, 0.4) is 0 Å². The maximum Gasteiger partial charge on any atom is 0.309 e. The summed E-state index contributed by atoms with van der Waals surface area (Å²) in [6, 6.07) is 13.3. The molecular weight excluding hydrogens is 410 g/mol. The summed E-state index contributed by atoms with van der Waals surface area (Å²) >= 11 is 0. The third kappa shape index (κ3) is 6.29. The molecule has 4 nitrogen and oxygen atoms in total. The van der Waals surface area contributed by atoms with Crippen LogP contribution in [0.25, 0.3) is 10.8 Å². The topological polar surface area (TPSA) is 38.8 Å². The van der Waals surface area contributed by atoms with Crippen molar-refractivity contribution in [1.29, 1.82) is 0 Å². The molecule has 0 unspecified atom stereocenters. The number of esters is 1. The van der Waals surface area contributed by atoms with Crippen molar-refractivity contribution in [3.63, 3.8) is 0 Å². The van der Waals surface area contributed by atoms with E-state index in [2.05, 4.69) is 55.1 Å². The predicted octanol–water partition coefficient (Wildman–Crippen LogP) is 6.74. The number of hydrogen-bond donors (Lipinski definition) is 0. The van der Waals surface area contributed by atoms with E-state index >= 15 is 0 Å². The molecule has 1 heterocycles. The Labute approximate surface area is 199 Å².